The Labute approximate surface area is 141 Å². The summed E-state index contributed by atoms with van der Waals surface area (Å²) < 4.78 is 58.1. The molecule has 0 radical (unpaired) electrons. The number of hydrogen-bond acceptors (Lipinski definition) is 2. The molecule has 1 aliphatic rings. The maximum Gasteiger partial charge on any atom is 0.413 e. The molecule has 8 heteroatoms. The number of carbonyl (C=O) groups excluding carboxylic acids is 1. The van der Waals surface area contributed by atoms with Gasteiger partial charge in [-0.2, -0.15) is 13.2 Å². The van der Waals surface area contributed by atoms with Gasteiger partial charge in [-0.25, -0.2) is 9.18 Å². The van der Waals surface area contributed by atoms with Crippen LogP contribution >= 0.6 is 0 Å². The zero-order chi connectivity index (χ0) is 18.2. The van der Waals surface area contributed by atoms with Gasteiger partial charge in [0.15, 0.2) is 6.04 Å². The van der Waals surface area contributed by atoms with Gasteiger partial charge in [-0.1, -0.05) is 12.1 Å². The number of benzene rings is 2. The molecule has 2 aromatic rings. The maximum absolute atomic E-state index is 13.5. The summed E-state index contributed by atoms with van der Waals surface area (Å²) in [5, 5.41) is 1.90. The second-order valence-corrected chi connectivity index (χ2v) is 5.56. The third-order valence-electron chi connectivity index (χ3n) is 3.93. The van der Waals surface area contributed by atoms with Crippen molar-refractivity contribution in [2.45, 2.75) is 18.8 Å². The van der Waals surface area contributed by atoms with Gasteiger partial charge in [0.25, 0.3) is 0 Å². The van der Waals surface area contributed by atoms with Gasteiger partial charge in [0.05, 0.1) is 19.3 Å². The third kappa shape index (κ3) is 3.38. The predicted octanol–water partition coefficient (Wildman–Crippen LogP) is 4.17. The molecule has 1 atom stereocenters. The van der Waals surface area contributed by atoms with E-state index in [4.69, 9.17) is 4.74 Å². The molecule has 0 saturated heterocycles. The molecule has 0 bridgehead atoms. The molecule has 0 aromatic heterocycles. The molecule has 3 rings (SSSR count). The molecule has 4 nitrogen and oxygen atoms in total. The smallest absolute Gasteiger partial charge is 0.413 e. The lowest BCUT2D eigenvalue weighted by Crippen LogP contribution is -2.50. The summed E-state index contributed by atoms with van der Waals surface area (Å²) in [5.41, 5.74) is 0.403. The van der Waals surface area contributed by atoms with Gasteiger partial charge < -0.3 is 10.1 Å². The van der Waals surface area contributed by atoms with Crippen LogP contribution in [0.15, 0.2) is 42.5 Å². The topological polar surface area (TPSA) is 41.6 Å². The summed E-state index contributed by atoms with van der Waals surface area (Å²) in [6.45, 7) is 0.0407. The van der Waals surface area contributed by atoms with Crippen LogP contribution in [0.3, 0.4) is 0 Å². The van der Waals surface area contributed by atoms with Crippen molar-refractivity contribution >= 4 is 11.7 Å². The van der Waals surface area contributed by atoms with E-state index >= 15 is 0 Å². The van der Waals surface area contributed by atoms with Crippen molar-refractivity contribution in [3.63, 3.8) is 0 Å². The van der Waals surface area contributed by atoms with Crippen molar-refractivity contribution in [1.29, 1.82) is 0 Å². The highest BCUT2D eigenvalue weighted by Crippen LogP contribution is 2.41. The summed E-state index contributed by atoms with van der Waals surface area (Å²) >= 11 is 0. The first-order valence-electron chi connectivity index (χ1n) is 7.36. The number of fused-ring (bicyclic) bond motifs is 1. The Kier molecular flexibility index (Phi) is 4.28. The minimum atomic E-state index is -4.72. The molecule has 0 unspecified atom stereocenters. The summed E-state index contributed by atoms with van der Waals surface area (Å²) in [5.74, 6) is -0.181. The predicted molar refractivity (Wildman–Crippen MR) is 82.9 cm³/mol. The largest absolute Gasteiger partial charge is 0.497 e. The second kappa shape index (κ2) is 6.27. The van der Waals surface area contributed by atoms with E-state index in [0.717, 1.165) is 17.0 Å². The van der Waals surface area contributed by atoms with E-state index in [1.165, 1.54) is 13.2 Å². The van der Waals surface area contributed by atoms with Gasteiger partial charge in [-0.3, -0.25) is 4.90 Å². The summed E-state index contributed by atoms with van der Waals surface area (Å²) in [4.78, 5) is 13.4. The summed E-state index contributed by atoms with van der Waals surface area (Å²) in [6.07, 6.45) is -4.72. The molecule has 0 fully saturated rings. The Morgan fingerprint density at radius 3 is 2.44 bits per heavy atom. The van der Waals surface area contributed by atoms with Crippen molar-refractivity contribution in [3.8, 4) is 5.75 Å². The van der Waals surface area contributed by atoms with Crippen LogP contribution in [-0.4, -0.2) is 19.3 Å². The fourth-order valence-electron chi connectivity index (χ4n) is 2.72. The van der Waals surface area contributed by atoms with E-state index < -0.39 is 24.1 Å². The molecule has 1 heterocycles. The van der Waals surface area contributed by atoms with E-state index in [1.54, 1.807) is 24.3 Å². The first kappa shape index (κ1) is 17.1. The van der Waals surface area contributed by atoms with Crippen LogP contribution in [0.4, 0.5) is 28.0 Å². The fraction of sp³-hybridized carbons (Fsp3) is 0.235. The number of ether oxygens (including phenoxy) is 1. The summed E-state index contributed by atoms with van der Waals surface area (Å²) in [6, 6.07) is 6.65. The number of nitrogens with one attached hydrogen (secondary N) is 1. The number of halogens is 4. The van der Waals surface area contributed by atoms with Crippen molar-refractivity contribution < 1.29 is 27.1 Å². The minimum Gasteiger partial charge on any atom is -0.497 e. The average Bonchev–Trinajstić information content (AvgIpc) is 2.56. The monoisotopic (exact) mass is 354 g/mol. The first-order chi connectivity index (χ1) is 11.8. The molecule has 1 aliphatic heterocycles. The number of anilines is 1. The Balaban J connectivity index is 1.98. The van der Waals surface area contributed by atoms with E-state index in [1.807, 2.05) is 5.32 Å². The van der Waals surface area contributed by atoms with Crippen LogP contribution in [0, 0.1) is 5.82 Å². The van der Waals surface area contributed by atoms with E-state index in [2.05, 4.69) is 0 Å². The fourth-order valence-corrected chi connectivity index (χ4v) is 2.72. The molecular weight excluding hydrogens is 340 g/mol. The van der Waals surface area contributed by atoms with Crippen LogP contribution in [0.1, 0.15) is 17.2 Å². The Bertz CT molecular complexity index is 790. The van der Waals surface area contributed by atoms with E-state index in [9.17, 15) is 22.4 Å². The quantitative estimate of drug-likeness (QED) is 0.841. The van der Waals surface area contributed by atoms with Crippen molar-refractivity contribution in [1.82, 2.24) is 5.32 Å². The van der Waals surface area contributed by atoms with Gasteiger partial charge >= 0.3 is 12.2 Å². The molecule has 25 heavy (non-hydrogen) atoms. The highest BCUT2D eigenvalue weighted by molar-refractivity contribution is 5.95. The first-order valence-corrected chi connectivity index (χ1v) is 7.36. The van der Waals surface area contributed by atoms with Gasteiger partial charge in [-0.05, 0) is 35.9 Å². The number of alkyl halides is 3. The molecule has 0 saturated carbocycles. The molecule has 0 aliphatic carbocycles. The Morgan fingerprint density at radius 2 is 1.84 bits per heavy atom. The minimum absolute atomic E-state index is 0.0308. The van der Waals surface area contributed by atoms with Crippen molar-refractivity contribution in [3.05, 3.63) is 59.4 Å². The standard InChI is InChI=1S/C17H14F4N2O2/c1-25-12-5-2-10(3-6-12)9-23-14-7-4-11(18)8-13(14)15(17(19,20)21)22-16(23)24/h2-8,15H,9H2,1H3,(H,22,24)/t15-/m1/s1. The highest BCUT2D eigenvalue weighted by atomic mass is 19.4. The maximum atomic E-state index is 13.5. The van der Waals surface area contributed by atoms with Gasteiger partial charge in [0, 0.05) is 5.56 Å². The number of carbonyl (C=O) groups is 1. The van der Waals surface area contributed by atoms with Crippen LogP contribution in [-0.2, 0) is 6.54 Å². The van der Waals surface area contributed by atoms with Crippen LogP contribution in [0.5, 0.6) is 5.75 Å². The molecule has 2 aromatic carbocycles. The van der Waals surface area contributed by atoms with Crippen LogP contribution < -0.4 is 15.0 Å². The second-order valence-electron chi connectivity index (χ2n) is 5.56. The third-order valence-corrected chi connectivity index (χ3v) is 3.93. The lowest BCUT2D eigenvalue weighted by atomic mass is 10.00. The van der Waals surface area contributed by atoms with E-state index in [-0.39, 0.29) is 17.8 Å². The van der Waals surface area contributed by atoms with Gasteiger partial charge in [0.2, 0.25) is 0 Å². The summed E-state index contributed by atoms with van der Waals surface area (Å²) in [7, 11) is 1.51. The Morgan fingerprint density at radius 1 is 1.16 bits per heavy atom. The number of methoxy groups -OCH3 is 1. The Hall–Kier alpha value is -2.77. The zero-order valence-electron chi connectivity index (χ0n) is 13.1. The number of nitrogens with zero attached hydrogens (tertiary/aromatic N) is 1. The number of hydrogen-bond donors (Lipinski definition) is 1. The van der Waals surface area contributed by atoms with Crippen LogP contribution in [0.2, 0.25) is 0 Å². The molecule has 0 spiro atoms. The number of amides is 2. The van der Waals surface area contributed by atoms with Gasteiger partial charge in [0.1, 0.15) is 11.6 Å². The molecule has 132 valence electrons. The SMILES string of the molecule is COc1ccc(CN2C(=O)N[C@@H](C(F)(F)F)c3cc(F)ccc32)cc1. The molecule has 2 amide bonds. The zero-order valence-corrected chi connectivity index (χ0v) is 13.1. The lowest BCUT2D eigenvalue weighted by Gasteiger charge is -2.35. The average molecular weight is 354 g/mol. The highest BCUT2D eigenvalue weighted by Gasteiger charge is 2.47. The number of urea groups is 1. The van der Waals surface area contributed by atoms with Gasteiger partial charge in [-0.15, -0.1) is 0 Å². The molecule has 1 N–H and O–H groups in total. The normalized spacial score (nSPS) is 17.1. The molecular formula is C17H14F4N2O2. The lowest BCUT2D eigenvalue weighted by molar-refractivity contribution is -0.155. The van der Waals surface area contributed by atoms with E-state index in [0.29, 0.717) is 11.3 Å². The van der Waals surface area contributed by atoms with Crippen LogP contribution in [0.25, 0.3) is 0 Å². The van der Waals surface area contributed by atoms with Crippen molar-refractivity contribution in [2.75, 3.05) is 12.0 Å². The van der Waals surface area contributed by atoms with Crippen molar-refractivity contribution in [2.24, 2.45) is 0 Å². The number of rotatable bonds is 3.